The molecule has 1 aliphatic rings. The number of thiazole rings is 1. The molecule has 7 heteroatoms. The molecule has 3 heterocycles. The van der Waals surface area contributed by atoms with Crippen LogP contribution < -0.4 is 14.8 Å². The van der Waals surface area contributed by atoms with Crippen molar-refractivity contribution in [1.82, 2.24) is 9.97 Å². The number of rotatable bonds is 7. The van der Waals surface area contributed by atoms with Gasteiger partial charge in [0, 0.05) is 47.3 Å². The van der Waals surface area contributed by atoms with Gasteiger partial charge in [-0.25, -0.2) is 4.98 Å². The van der Waals surface area contributed by atoms with E-state index in [-0.39, 0.29) is 11.8 Å². The van der Waals surface area contributed by atoms with E-state index in [1.165, 1.54) is 11.3 Å². The maximum atomic E-state index is 13.8. The van der Waals surface area contributed by atoms with Crippen molar-refractivity contribution >= 4 is 22.4 Å². The summed E-state index contributed by atoms with van der Waals surface area (Å²) >= 11 is 1.44. The molecule has 6 rings (SSSR count). The lowest BCUT2D eigenvalue weighted by Crippen LogP contribution is -2.38. The average Bonchev–Trinajstić information content (AvgIpc) is 3.42. The van der Waals surface area contributed by atoms with Crippen LogP contribution in [-0.4, -0.2) is 23.0 Å². The van der Waals surface area contributed by atoms with Crippen LogP contribution in [0.2, 0.25) is 0 Å². The van der Waals surface area contributed by atoms with Crippen molar-refractivity contribution in [2.24, 2.45) is 5.41 Å². The first kappa shape index (κ1) is 25.8. The van der Waals surface area contributed by atoms with Gasteiger partial charge in [0.2, 0.25) is 5.91 Å². The fraction of sp³-hybridized carbons (Fsp3) is 0.182. The molecule has 1 unspecified atom stereocenters. The van der Waals surface area contributed by atoms with Gasteiger partial charge in [0.05, 0.1) is 18.2 Å². The van der Waals surface area contributed by atoms with Gasteiger partial charge < -0.3 is 14.8 Å². The first-order valence-corrected chi connectivity index (χ1v) is 14.0. The van der Waals surface area contributed by atoms with Crippen LogP contribution in [0.15, 0.2) is 96.6 Å². The number of anilines is 1. The van der Waals surface area contributed by atoms with Gasteiger partial charge in [-0.1, -0.05) is 68.4 Å². The van der Waals surface area contributed by atoms with E-state index in [1.54, 1.807) is 13.3 Å². The van der Waals surface area contributed by atoms with Crippen LogP contribution >= 0.6 is 11.3 Å². The summed E-state index contributed by atoms with van der Waals surface area (Å²) in [4.78, 5) is 22.7. The van der Waals surface area contributed by atoms with Gasteiger partial charge in [0.1, 0.15) is 17.2 Å². The standard InChI is InChI=1S/C33H29N3O3S/c1-33(2,30-26-8-4-5-9-28(26)39-29-18-25(38-3)14-15-27(29)30)31(37)36-32-35-24(20-40-32)17-21-10-12-22(13-11-21)23-7-6-16-34-19-23/h4-16,18-20,30H,17H2,1-3H3,(H,35,36,37). The number of pyridine rings is 1. The Morgan fingerprint density at radius 3 is 2.55 bits per heavy atom. The average molecular weight is 548 g/mol. The summed E-state index contributed by atoms with van der Waals surface area (Å²) in [5.74, 6) is 1.85. The highest BCUT2D eigenvalue weighted by atomic mass is 32.1. The SMILES string of the molecule is COc1ccc2c(c1)Oc1ccccc1C2C(C)(C)C(=O)Nc1nc(Cc2ccc(-c3cccnc3)cc2)cs1. The van der Waals surface area contributed by atoms with Crippen LogP contribution in [0.25, 0.3) is 11.1 Å². The minimum atomic E-state index is -0.794. The van der Waals surface area contributed by atoms with Crippen LogP contribution in [0.5, 0.6) is 17.2 Å². The van der Waals surface area contributed by atoms with Crippen molar-refractivity contribution in [1.29, 1.82) is 0 Å². The smallest absolute Gasteiger partial charge is 0.232 e. The maximum Gasteiger partial charge on any atom is 0.232 e. The molecule has 1 N–H and O–H groups in total. The third kappa shape index (κ3) is 4.96. The van der Waals surface area contributed by atoms with Crippen molar-refractivity contribution < 1.29 is 14.3 Å². The third-order valence-corrected chi connectivity index (χ3v) is 8.20. The molecule has 1 atom stereocenters. The number of carbonyl (C=O) groups is 1. The molecule has 0 radical (unpaired) electrons. The Bertz CT molecular complexity index is 1660. The van der Waals surface area contributed by atoms with Gasteiger partial charge in [0.15, 0.2) is 5.13 Å². The largest absolute Gasteiger partial charge is 0.497 e. The molecule has 3 aromatic carbocycles. The van der Waals surface area contributed by atoms with Crippen LogP contribution in [0.1, 0.15) is 42.1 Å². The fourth-order valence-electron chi connectivity index (χ4n) is 5.24. The van der Waals surface area contributed by atoms with Gasteiger partial charge >= 0.3 is 0 Å². The second-order valence-electron chi connectivity index (χ2n) is 10.4. The monoisotopic (exact) mass is 547 g/mol. The Balaban J connectivity index is 1.20. The first-order chi connectivity index (χ1) is 19.4. The highest BCUT2D eigenvalue weighted by Crippen LogP contribution is 2.52. The molecule has 2 aromatic heterocycles. The minimum Gasteiger partial charge on any atom is -0.497 e. The van der Waals surface area contributed by atoms with Crippen molar-refractivity contribution in [2.45, 2.75) is 26.2 Å². The summed E-state index contributed by atoms with van der Waals surface area (Å²) in [7, 11) is 1.63. The van der Waals surface area contributed by atoms with Crippen molar-refractivity contribution in [3.05, 3.63) is 119 Å². The second kappa shape index (κ2) is 10.6. The maximum absolute atomic E-state index is 13.8. The molecule has 200 valence electrons. The van der Waals surface area contributed by atoms with E-state index < -0.39 is 5.41 Å². The highest BCUT2D eigenvalue weighted by molar-refractivity contribution is 7.13. The van der Waals surface area contributed by atoms with Gasteiger partial charge in [-0.05, 0) is 34.9 Å². The summed E-state index contributed by atoms with van der Waals surface area (Å²) in [5, 5.41) is 5.69. The molecule has 0 saturated heterocycles. The molecule has 0 bridgehead atoms. The topological polar surface area (TPSA) is 73.3 Å². The number of fused-ring (bicyclic) bond motifs is 2. The van der Waals surface area contributed by atoms with E-state index in [2.05, 4.69) is 34.6 Å². The number of carbonyl (C=O) groups excluding carboxylic acids is 1. The zero-order chi connectivity index (χ0) is 27.7. The second-order valence-corrected chi connectivity index (χ2v) is 11.3. The van der Waals surface area contributed by atoms with Crippen molar-refractivity contribution in [3.8, 4) is 28.4 Å². The van der Waals surface area contributed by atoms with E-state index >= 15 is 0 Å². The number of hydrogen-bond donors (Lipinski definition) is 1. The van der Waals surface area contributed by atoms with E-state index in [4.69, 9.17) is 14.5 Å². The number of aromatic nitrogens is 2. The van der Waals surface area contributed by atoms with Crippen LogP contribution in [0.3, 0.4) is 0 Å². The summed E-state index contributed by atoms with van der Waals surface area (Å²) in [6.07, 6.45) is 4.32. The Morgan fingerprint density at radius 1 is 0.975 bits per heavy atom. The molecule has 0 spiro atoms. The molecule has 6 nitrogen and oxygen atoms in total. The minimum absolute atomic E-state index is 0.0994. The Morgan fingerprint density at radius 2 is 1.77 bits per heavy atom. The number of hydrogen-bond acceptors (Lipinski definition) is 6. The lowest BCUT2D eigenvalue weighted by Gasteiger charge is -2.38. The number of para-hydroxylation sites is 1. The van der Waals surface area contributed by atoms with Crippen molar-refractivity contribution in [2.75, 3.05) is 12.4 Å². The quantitative estimate of drug-likeness (QED) is 0.226. The van der Waals surface area contributed by atoms with Gasteiger partial charge in [-0.2, -0.15) is 0 Å². The van der Waals surface area contributed by atoms with E-state index in [0.717, 1.165) is 39.3 Å². The van der Waals surface area contributed by atoms with Crippen LogP contribution in [0, 0.1) is 5.41 Å². The van der Waals surface area contributed by atoms with Crippen molar-refractivity contribution in [3.63, 3.8) is 0 Å². The predicted octanol–water partition coefficient (Wildman–Crippen LogP) is 7.71. The first-order valence-electron chi connectivity index (χ1n) is 13.1. The predicted molar refractivity (Wildman–Crippen MR) is 158 cm³/mol. The number of methoxy groups -OCH3 is 1. The number of ether oxygens (including phenoxy) is 2. The molecule has 0 aliphatic carbocycles. The zero-order valence-corrected chi connectivity index (χ0v) is 23.4. The Labute approximate surface area is 237 Å². The van der Waals surface area contributed by atoms with Gasteiger partial charge in [0.25, 0.3) is 0 Å². The number of nitrogens with zero attached hydrogens (tertiary/aromatic N) is 2. The number of amides is 1. The third-order valence-electron chi connectivity index (χ3n) is 7.39. The zero-order valence-electron chi connectivity index (χ0n) is 22.5. The molecule has 1 amide bonds. The molecule has 0 fully saturated rings. The lowest BCUT2D eigenvalue weighted by molar-refractivity contribution is -0.124. The number of nitrogens with one attached hydrogen (secondary N) is 1. The lowest BCUT2D eigenvalue weighted by atomic mass is 9.69. The fourth-order valence-corrected chi connectivity index (χ4v) is 5.94. The van der Waals surface area contributed by atoms with E-state index in [9.17, 15) is 4.79 Å². The Kier molecular flexibility index (Phi) is 6.82. The molecule has 1 aliphatic heterocycles. The summed E-state index contributed by atoms with van der Waals surface area (Å²) < 4.78 is 11.6. The van der Waals surface area contributed by atoms with E-state index in [1.807, 2.05) is 80.0 Å². The molecular weight excluding hydrogens is 518 g/mol. The highest BCUT2D eigenvalue weighted by Gasteiger charge is 2.43. The van der Waals surface area contributed by atoms with Crippen LogP contribution in [-0.2, 0) is 11.2 Å². The summed E-state index contributed by atoms with van der Waals surface area (Å²) in [6, 6.07) is 26.1. The molecule has 40 heavy (non-hydrogen) atoms. The van der Waals surface area contributed by atoms with Crippen LogP contribution in [0.4, 0.5) is 5.13 Å². The molecule has 5 aromatic rings. The normalized spacial score (nSPS) is 14.0. The van der Waals surface area contributed by atoms with Gasteiger partial charge in [-0.3, -0.25) is 9.78 Å². The van der Waals surface area contributed by atoms with Gasteiger partial charge in [-0.15, -0.1) is 11.3 Å². The Hall–Kier alpha value is -4.49. The number of benzene rings is 3. The molecule has 0 saturated carbocycles. The van der Waals surface area contributed by atoms with E-state index in [0.29, 0.717) is 23.1 Å². The summed E-state index contributed by atoms with van der Waals surface area (Å²) in [6.45, 7) is 3.95. The molecular formula is C33H29N3O3S. The summed E-state index contributed by atoms with van der Waals surface area (Å²) in [5.41, 5.74) is 5.42.